The summed E-state index contributed by atoms with van der Waals surface area (Å²) >= 11 is 1.69. The van der Waals surface area contributed by atoms with Gasteiger partial charge in [-0.1, -0.05) is 36.4 Å². The summed E-state index contributed by atoms with van der Waals surface area (Å²) in [7, 11) is 0. The normalized spacial score (nSPS) is 21.8. The molecule has 1 aromatic carbocycles. The Morgan fingerprint density at radius 2 is 1.91 bits per heavy atom. The van der Waals surface area contributed by atoms with Crippen LogP contribution in [0.2, 0.25) is 0 Å². The van der Waals surface area contributed by atoms with E-state index in [-0.39, 0.29) is 18.4 Å². The number of carbonyl (C=O) groups is 1. The van der Waals surface area contributed by atoms with Crippen LogP contribution in [0.25, 0.3) is 0 Å². The Labute approximate surface area is 194 Å². The third-order valence-electron chi connectivity index (χ3n) is 5.94. The molecule has 1 saturated heterocycles. The van der Waals surface area contributed by atoms with Gasteiger partial charge in [0.05, 0.1) is 6.61 Å². The minimum Gasteiger partial charge on any atom is -0.459 e. The van der Waals surface area contributed by atoms with E-state index in [1.807, 2.05) is 23.1 Å². The Bertz CT molecular complexity index is 863. The van der Waals surface area contributed by atoms with Crippen molar-refractivity contribution < 1.29 is 19.4 Å². The summed E-state index contributed by atoms with van der Waals surface area (Å²) in [5.41, 5.74) is 1.30. The van der Waals surface area contributed by atoms with E-state index in [0.29, 0.717) is 38.3 Å². The van der Waals surface area contributed by atoms with Gasteiger partial charge in [-0.05, 0) is 35.9 Å². The molecule has 7 heteroatoms. The predicted molar refractivity (Wildman–Crippen MR) is 125 cm³/mol. The van der Waals surface area contributed by atoms with E-state index < -0.39 is 6.29 Å². The monoisotopic (exact) mass is 456 g/mol. The largest absolute Gasteiger partial charge is 0.459 e. The number of carbonyl (C=O) groups excluding carboxylic acids is 1. The Morgan fingerprint density at radius 3 is 2.62 bits per heavy atom. The Kier molecular flexibility index (Phi) is 8.34. The van der Waals surface area contributed by atoms with E-state index in [0.717, 1.165) is 26.1 Å². The van der Waals surface area contributed by atoms with Crippen LogP contribution in [-0.4, -0.2) is 66.5 Å². The predicted octanol–water partition coefficient (Wildman–Crippen LogP) is 3.60. The van der Waals surface area contributed by atoms with Gasteiger partial charge in [0.25, 0.3) is 5.91 Å². The highest BCUT2D eigenvalue weighted by molar-refractivity contribution is 7.10. The molecule has 0 saturated carbocycles. The summed E-state index contributed by atoms with van der Waals surface area (Å²) in [5, 5.41) is 11.0. The molecule has 6 nitrogen and oxygen atoms in total. The van der Waals surface area contributed by atoms with Crippen LogP contribution in [0.4, 0.5) is 0 Å². The molecular formula is C25H32N2O4S. The summed E-state index contributed by atoms with van der Waals surface area (Å²) in [6, 6.07) is 14.6. The molecule has 0 aliphatic carbocycles. The molecule has 0 bridgehead atoms. The van der Waals surface area contributed by atoms with Gasteiger partial charge in [-0.2, -0.15) is 0 Å². The Balaban J connectivity index is 1.36. The van der Waals surface area contributed by atoms with Crippen LogP contribution in [-0.2, 0) is 20.8 Å². The number of aliphatic hydroxyl groups is 1. The van der Waals surface area contributed by atoms with Crippen molar-refractivity contribution in [1.29, 1.82) is 0 Å². The van der Waals surface area contributed by atoms with E-state index in [9.17, 15) is 4.79 Å². The fraction of sp³-hybridized carbons (Fsp3) is 0.480. The van der Waals surface area contributed by atoms with Crippen molar-refractivity contribution in [2.75, 3.05) is 39.4 Å². The molecule has 1 fully saturated rings. The number of amides is 1. The average molecular weight is 457 g/mol. The maximum Gasteiger partial charge on any atom is 0.288 e. The number of ether oxygens (including phenoxy) is 2. The third kappa shape index (κ3) is 6.19. The van der Waals surface area contributed by atoms with Crippen LogP contribution >= 0.6 is 11.3 Å². The van der Waals surface area contributed by atoms with Crippen molar-refractivity contribution >= 4 is 17.2 Å². The number of nitrogens with zero attached hydrogens (tertiary/aromatic N) is 2. The van der Waals surface area contributed by atoms with Gasteiger partial charge >= 0.3 is 0 Å². The number of allylic oxidation sites excluding steroid dienone is 1. The second-order valence-electron chi connectivity index (χ2n) is 8.29. The van der Waals surface area contributed by atoms with Gasteiger partial charge in [0.15, 0.2) is 5.76 Å². The van der Waals surface area contributed by atoms with E-state index >= 15 is 0 Å². The molecule has 1 N–H and O–H groups in total. The minimum atomic E-state index is -0.441. The molecule has 1 amide bonds. The number of thiophene rings is 1. The molecule has 2 atom stereocenters. The van der Waals surface area contributed by atoms with Gasteiger partial charge in [-0.15, -0.1) is 11.3 Å². The standard InChI is InChI=1S/C25H32N2O4S/c28-14-4-5-15-30-24-18-21(23-9-6-16-32-23)17-22(31-24)25(29)27-12-10-26(11-13-27)19-20-7-2-1-3-8-20/h1-3,6-9,16-17,21,24,28H,4-5,10-15,18-19H2/t21-,24+/m1/s1. The van der Waals surface area contributed by atoms with Crippen LogP contribution in [0, 0.1) is 0 Å². The van der Waals surface area contributed by atoms with Crippen molar-refractivity contribution in [3.8, 4) is 0 Å². The number of aliphatic hydroxyl groups excluding tert-OH is 1. The molecule has 1 aromatic heterocycles. The maximum absolute atomic E-state index is 13.3. The molecule has 0 spiro atoms. The fourth-order valence-corrected chi connectivity index (χ4v) is 4.96. The fourth-order valence-electron chi connectivity index (χ4n) is 4.15. The SMILES string of the molecule is O=C(C1=C[C@@H](c2cccs2)C[C@@H](OCCCCO)O1)N1CCN(Cc2ccccc2)CC1. The van der Waals surface area contributed by atoms with Gasteiger partial charge in [0.1, 0.15) is 0 Å². The minimum absolute atomic E-state index is 0.0467. The topological polar surface area (TPSA) is 62.2 Å². The van der Waals surface area contributed by atoms with Crippen LogP contribution < -0.4 is 0 Å². The van der Waals surface area contributed by atoms with Crippen molar-refractivity contribution in [3.05, 3.63) is 70.1 Å². The Hall–Kier alpha value is -2.19. The number of unbranched alkanes of at least 4 members (excludes halogenated alkanes) is 1. The molecule has 0 unspecified atom stereocenters. The van der Waals surface area contributed by atoms with E-state index in [1.54, 1.807) is 11.3 Å². The summed E-state index contributed by atoms with van der Waals surface area (Å²) in [4.78, 5) is 18.8. The summed E-state index contributed by atoms with van der Waals surface area (Å²) in [6.07, 6.45) is 3.70. The summed E-state index contributed by atoms with van der Waals surface area (Å²) in [6.45, 7) is 4.67. The van der Waals surface area contributed by atoms with Crippen LogP contribution in [0.1, 0.15) is 35.6 Å². The number of hydrogen-bond acceptors (Lipinski definition) is 6. The van der Waals surface area contributed by atoms with Crippen LogP contribution in [0.5, 0.6) is 0 Å². The van der Waals surface area contributed by atoms with Gasteiger partial charge in [0, 0.05) is 56.5 Å². The first kappa shape index (κ1) is 23.0. The lowest BCUT2D eigenvalue weighted by Crippen LogP contribution is -2.49. The zero-order valence-corrected chi connectivity index (χ0v) is 19.2. The molecule has 3 heterocycles. The van der Waals surface area contributed by atoms with Crippen LogP contribution in [0.3, 0.4) is 0 Å². The quantitative estimate of drug-likeness (QED) is 0.585. The molecule has 2 aliphatic rings. The lowest BCUT2D eigenvalue weighted by Gasteiger charge is -2.36. The van der Waals surface area contributed by atoms with Crippen LogP contribution in [0.15, 0.2) is 59.7 Å². The van der Waals surface area contributed by atoms with Crippen molar-refractivity contribution in [1.82, 2.24) is 9.80 Å². The van der Waals surface area contributed by atoms with Crippen molar-refractivity contribution in [2.24, 2.45) is 0 Å². The van der Waals surface area contributed by atoms with Gasteiger partial charge in [-0.25, -0.2) is 0 Å². The second-order valence-corrected chi connectivity index (χ2v) is 9.27. The summed E-state index contributed by atoms with van der Waals surface area (Å²) < 4.78 is 11.9. The first-order chi connectivity index (χ1) is 15.7. The molecule has 4 rings (SSSR count). The Morgan fingerprint density at radius 1 is 1.09 bits per heavy atom. The zero-order valence-electron chi connectivity index (χ0n) is 18.4. The molecule has 2 aromatic rings. The number of piperazine rings is 1. The third-order valence-corrected chi connectivity index (χ3v) is 6.95. The highest BCUT2D eigenvalue weighted by atomic mass is 32.1. The zero-order chi connectivity index (χ0) is 22.2. The number of rotatable bonds is 9. The highest BCUT2D eigenvalue weighted by Gasteiger charge is 2.32. The lowest BCUT2D eigenvalue weighted by molar-refractivity contribution is -0.154. The maximum atomic E-state index is 13.3. The van der Waals surface area contributed by atoms with E-state index in [2.05, 4.69) is 40.6 Å². The van der Waals surface area contributed by atoms with Gasteiger partial charge in [0.2, 0.25) is 6.29 Å². The second kappa shape index (κ2) is 11.6. The van der Waals surface area contributed by atoms with Gasteiger partial charge in [-0.3, -0.25) is 9.69 Å². The molecule has 0 radical (unpaired) electrons. The molecular weight excluding hydrogens is 424 g/mol. The van der Waals surface area contributed by atoms with Crippen molar-refractivity contribution in [2.45, 2.75) is 38.0 Å². The van der Waals surface area contributed by atoms with Gasteiger partial charge < -0.3 is 19.5 Å². The number of hydrogen-bond donors (Lipinski definition) is 1. The smallest absolute Gasteiger partial charge is 0.288 e. The molecule has 2 aliphatic heterocycles. The highest BCUT2D eigenvalue weighted by Crippen LogP contribution is 2.34. The molecule has 172 valence electrons. The first-order valence-corrected chi connectivity index (χ1v) is 12.3. The first-order valence-electron chi connectivity index (χ1n) is 11.4. The lowest BCUT2D eigenvalue weighted by atomic mass is 9.99. The summed E-state index contributed by atoms with van der Waals surface area (Å²) in [5.74, 6) is 0.470. The van der Waals surface area contributed by atoms with Crippen molar-refractivity contribution in [3.63, 3.8) is 0 Å². The van der Waals surface area contributed by atoms with E-state index in [1.165, 1.54) is 10.4 Å². The van der Waals surface area contributed by atoms with E-state index in [4.69, 9.17) is 14.6 Å². The molecule has 32 heavy (non-hydrogen) atoms. The average Bonchev–Trinajstić information content (AvgIpc) is 3.38. The number of benzene rings is 1.